The van der Waals surface area contributed by atoms with Crippen LogP contribution in [-0.4, -0.2) is 44.8 Å². The Morgan fingerprint density at radius 3 is 2.22 bits per heavy atom. The lowest BCUT2D eigenvalue weighted by Crippen LogP contribution is -2.31. The lowest BCUT2D eigenvalue weighted by atomic mass is 9.95. The predicted molar refractivity (Wildman–Crippen MR) is 133 cm³/mol. The van der Waals surface area contributed by atoms with Crippen molar-refractivity contribution in [1.82, 2.24) is 4.90 Å². The van der Waals surface area contributed by atoms with E-state index in [9.17, 15) is 14.0 Å². The van der Waals surface area contributed by atoms with E-state index in [1.54, 1.807) is 37.3 Å². The molecular formula is C28H30FNO6. The highest BCUT2D eigenvalue weighted by atomic mass is 19.1. The fourth-order valence-corrected chi connectivity index (χ4v) is 3.71. The van der Waals surface area contributed by atoms with Crippen LogP contribution >= 0.6 is 0 Å². The summed E-state index contributed by atoms with van der Waals surface area (Å²) in [5, 5.41) is 0. The highest BCUT2D eigenvalue weighted by molar-refractivity contribution is 5.78. The number of rotatable bonds is 10. The van der Waals surface area contributed by atoms with Gasteiger partial charge in [0.2, 0.25) is 0 Å². The summed E-state index contributed by atoms with van der Waals surface area (Å²) in [4.78, 5) is 26.3. The first kappa shape index (κ1) is 26.5. The summed E-state index contributed by atoms with van der Waals surface area (Å²) in [6.07, 6.45) is -0.376. The molecule has 0 aliphatic rings. The zero-order valence-electron chi connectivity index (χ0n) is 20.9. The van der Waals surface area contributed by atoms with Crippen LogP contribution in [0.25, 0.3) is 11.1 Å². The standard InChI is InChI=1S/C28H30FNO6/c1-5-30(28(32)36-18-19-6-10-22(29)11-7-19)17-21-9-12-23(33-2)16-24(21)25-14-20(15-27(31)35-4)8-13-26(25)34-3/h6-14,16H,5,15,17-18H2,1-4H3. The Labute approximate surface area is 210 Å². The van der Waals surface area contributed by atoms with Crippen LogP contribution in [0, 0.1) is 5.82 Å². The Kier molecular flexibility index (Phi) is 9.27. The van der Waals surface area contributed by atoms with Crippen molar-refractivity contribution in [3.63, 3.8) is 0 Å². The molecule has 3 aromatic carbocycles. The minimum Gasteiger partial charge on any atom is -0.497 e. The number of esters is 1. The van der Waals surface area contributed by atoms with Gasteiger partial charge in [-0.1, -0.05) is 24.3 Å². The molecule has 0 saturated carbocycles. The molecule has 1 amide bonds. The van der Waals surface area contributed by atoms with E-state index in [0.29, 0.717) is 23.6 Å². The maximum absolute atomic E-state index is 13.1. The van der Waals surface area contributed by atoms with Gasteiger partial charge >= 0.3 is 12.1 Å². The molecule has 0 saturated heterocycles. The molecule has 0 aliphatic carbocycles. The van der Waals surface area contributed by atoms with Crippen molar-refractivity contribution in [3.8, 4) is 22.6 Å². The zero-order valence-corrected chi connectivity index (χ0v) is 20.9. The maximum atomic E-state index is 13.1. The lowest BCUT2D eigenvalue weighted by molar-refractivity contribution is -0.139. The molecule has 0 atom stereocenters. The summed E-state index contributed by atoms with van der Waals surface area (Å²) >= 11 is 0. The van der Waals surface area contributed by atoms with E-state index < -0.39 is 6.09 Å². The third kappa shape index (κ3) is 6.75. The number of carbonyl (C=O) groups is 2. The average molecular weight is 496 g/mol. The molecule has 0 aromatic heterocycles. The zero-order chi connectivity index (χ0) is 26.1. The van der Waals surface area contributed by atoms with Crippen LogP contribution in [0.3, 0.4) is 0 Å². The molecule has 0 spiro atoms. The second-order valence-corrected chi connectivity index (χ2v) is 8.01. The van der Waals surface area contributed by atoms with Gasteiger partial charge in [0.05, 0.1) is 27.8 Å². The lowest BCUT2D eigenvalue weighted by Gasteiger charge is -2.23. The fraction of sp³-hybridized carbons (Fsp3) is 0.286. The van der Waals surface area contributed by atoms with Crippen molar-refractivity contribution >= 4 is 12.1 Å². The molecule has 7 nitrogen and oxygen atoms in total. The number of benzene rings is 3. The van der Waals surface area contributed by atoms with Crippen molar-refractivity contribution in [3.05, 3.63) is 83.2 Å². The summed E-state index contributed by atoms with van der Waals surface area (Å²) in [5.41, 5.74) is 3.84. The van der Waals surface area contributed by atoms with Gasteiger partial charge in [0.25, 0.3) is 0 Å². The quantitative estimate of drug-likeness (QED) is 0.352. The monoisotopic (exact) mass is 495 g/mol. The number of amides is 1. The maximum Gasteiger partial charge on any atom is 0.410 e. The average Bonchev–Trinajstić information content (AvgIpc) is 2.91. The third-order valence-electron chi connectivity index (χ3n) is 5.72. The number of hydrogen-bond donors (Lipinski definition) is 0. The molecule has 0 N–H and O–H groups in total. The smallest absolute Gasteiger partial charge is 0.410 e. The largest absolute Gasteiger partial charge is 0.497 e. The summed E-state index contributed by atoms with van der Waals surface area (Å²) in [6, 6.07) is 16.9. The van der Waals surface area contributed by atoms with Crippen molar-refractivity contribution in [2.24, 2.45) is 0 Å². The summed E-state index contributed by atoms with van der Waals surface area (Å²) in [5.74, 6) is 0.549. The number of carbonyl (C=O) groups excluding carboxylic acids is 2. The van der Waals surface area contributed by atoms with Gasteiger partial charge in [0.15, 0.2) is 0 Å². The Morgan fingerprint density at radius 2 is 1.58 bits per heavy atom. The van der Waals surface area contributed by atoms with Gasteiger partial charge in [-0.05, 0) is 65.6 Å². The molecule has 0 radical (unpaired) electrons. The number of halogens is 1. The summed E-state index contributed by atoms with van der Waals surface area (Å²) in [7, 11) is 4.50. The van der Waals surface area contributed by atoms with E-state index in [1.165, 1.54) is 19.2 Å². The molecule has 3 rings (SSSR count). The SMILES string of the molecule is CCN(Cc1ccc(OC)cc1-c1cc(CC(=O)OC)ccc1OC)C(=O)OCc1ccc(F)cc1. The second-order valence-electron chi connectivity index (χ2n) is 8.01. The minimum atomic E-state index is -0.491. The van der Waals surface area contributed by atoms with Crippen molar-refractivity contribution in [1.29, 1.82) is 0 Å². The van der Waals surface area contributed by atoms with Crippen LogP contribution in [-0.2, 0) is 33.8 Å². The number of ether oxygens (including phenoxy) is 4. The highest BCUT2D eigenvalue weighted by Gasteiger charge is 2.19. The van der Waals surface area contributed by atoms with E-state index in [4.69, 9.17) is 18.9 Å². The van der Waals surface area contributed by atoms with Crippen molar-refractivity contribution in [2.75, 3.05) is 27.9 Å². The Bertz CT molecular complexity index is 1200. The third-order valence-corrected chi connectivity index (χ3v) is 5.72. The summed E-state index contributed by atoms with van der Waals surface area (Å²) in [6.45, 7) is 2.57. The second kappa shape index (κ2) is 12.6. The van der Waals surface area contributed by atoms with Crippen LogP contribution in [0.1, 0.15) is 23.6 Å². The van der Waals surface area contributed by atoms with Gasteiger partial charge in [-0.25, -0.2) is 9.18 Å². The predicted octanol–water partition coefficient (Wildman–Crippen LogP) is 5.38. The van der Waals surface area contributed by atoms with Gasteiger partial charge in [-0.15, -0.1) is 0 Å². The van der Waals surface area contributed by atoms with Crippen LogP contribution in [0.5, 0.6) is 11.5 Å². The van der Waals surface area contributed by atoms with E-state index >= 15 is 0 Å². The Hall–Kier alpha value is -4.07. The van der Waals surface area contributed by atoms with E-state index in [-0.39, 0.29) is 31.4 Å². The minimum absolute atomic E-state index is 0.0362. The van der Waals surface area contributed by atoms with E-state index in [0.717, 1.165) is 22.3 Å². The first-order valence-corrected chi connectivity index (χ1v) is 11.5. The molecule has 36 heavy (non-hydrogen) atoms. The summed E-state index contributed by atoms with van der Waals surface area (Å²) < 4.78 is 34.5. The van der Waals surface area contributed by atoms with E-state index in [2.05, 4.69) is 0 Å². The molecule has 0 fully saturated rings. The molecule has 0 unspecified atom stereocenters. The van der Waals surface area contributed by atoms with Gasteiger partial charge in [0.1, 0.15) is 23.9 Å². The molecule has 0 aliphatic heterocycles. The normalized spacial score (nSPS) is 10.5. The number of nitrogens with zero attached hydrogens (tertiary/aromatic N) is 1. The van der Waals surface area contributed by atoms with Crippen LogP contribution in [0.2, 0.25) is 0 Å². The number of methoxy groups -OCH3 is 3. The molecule has 8 heteroatoms. The van der Waals surface area contributed by atoms with E-state index in [1.807, 2.05) is 37.3 Å². The van der Waals surface area contributed by atoms with Gasteiger partial charge in [0, 0.05) is 18.7 Å². The van der Waals surface area contributed by atoms with Crippen molar-refractivity contribution in [2.45, 2.75) is 26.5 Å². The Balaban J connectivity index is 1.90. The Morgan fingerprint density at radius 1 is 0.861 bits per heavy atom. The molecule has 190 valence electrons. The van der Waals surface area contributed by atoms with Gasteiger partial charge < -0.3 is 23.8 Å². The molecule has 3 aromatic rings. The molecule has 0 bridgehead atoms. The van der Waals surface area contributed by atoms with Gasteiger partial charge in [-0.2, -0.15) is 0 Å². The van der Waals surface area contributed by atoms with Crippen LogP contribution < -0.4 is 9.47 Å². The topological polar surface area (TPSA) is 74.3 Å². The molecule has 0 heterocycles. The highest BCUT2D eigenvalue weighted by Crippen LogP contribution is 2.36. The first-order valence-electron chi connectivity index (χ1n) is 11.5. The molecular weight excluding hydrogens is 465 g/mol. The van der Waals surface area contributed by atoms with Gasteiger partial charge in [-0.3, -0.25) is 4.79 Å². The first-order chi connectivity index (χ1) is 17.4. The van der Waals surface area contributed by atoms with Crippen LogP contribution in [0.4, 0.5) is 9.18 Å². The fourth-order valence-electron chi connectivity index (χ4n) is 3.71. The number of hydrogen-bond acceptors (Lipinski definition) is 6. The van der Waals surface area contributed by atoms with Crippen LogP contribution in [0.15, 0.2) is 60.7 Å². The van der Waals surface area contributed by atoms with Crippen molar-refractivity contribution < 1.29 is 32.9 Å².